The molecule has 0 aromatic heterocycles. The van der Waals surface area contributed by atoms with Crippen molar-refractivity contribution >= 4 is 27.6 Å². The van der Waals surface area contributed by atoms with Gasteiger partial charge in [-0.25, -0.2) is 8.42 Å². The first-order valence-corrected chi connectivity index (χ1v) is 19.4. The van der Waals surface area contributed by atoms with Crippen LogP contribution in [0.4, 0.5) is 0 Å². The van der Waals surface area contributed by atoms with Crippen LogP contribution in [0.15, 0.2) is 30.3 Å². The van der Waals surface area contributed by atoms with Crippen LogP contribution in [-0.4, -0.2) is 101 Å². The number of β-amino-alcohol motifs (C(OH)–C–C–N with tert-alkyl or cyclic N) is 1. The normalized spacial score (nSPS) is 22.9. The Morgan fingerprint density at radius 1 is 0.958 bits per heavy atom. The van der Waals surface area contributed by atoms with Gasteiger partial charge in [0.1, 0.15) is 11.6 Å². The molecular formula is C36H60N4O7S. The number of piperidine rings is 1. The Bertz CT molecular complexity index is 1360. The predicted molar refractivity (Wildman–Crippen MR) is 188 cm³/mol. The first-order valence-electron chi connectivity index (χ1n) is 17.5. The molecule has 0 bridgehead atoms. The molecule has 2 aliphatic rings. The molecular weight excluding hydrogens is 632 g/mol. The summed E-state index contributed by atoms with van der Waals surface area (Å²) in [5.74, 6) is -0.860. The summed E-state index contributed by atoms with van der Waals surface area (Å²) >= 11 is 0. The summed E-state index contributed by atoms with van der Waals surface area (Å²) in [5, 5.41) is 31.4. The molecule has 3 rings (SSSR count). The molecule has 1 heterocycles. The second-order valence-electron chi connectivity index (χ2n) is 15.6. The van der Waals surface area contributed by atoms with Gasteiger partial charge in [-0.3, -0.25) is 19.3 Å². The summed E-state index contributed by atoms with van der Waals surface area (Å²) in [4.78, 5) is 43.1. The van der Waals surface area contributed by atoms with Gasteiger partial charge in [0, 0.05) is 24.9 Å². The van der Waals surface area contributed by atoms with Gasteiger partial charge in [-0.15, -0.1) is 0 Å². The summed E-state index contributed by atoms with van der Waals surface area (Å²) in [6, 6.07) is 6.43. The molecule has 11 nitrogen and oxygen atoms in total. The fraction of sp³-hybridized carbons (Fsp3) is 0.750. The molecule has 48 heavy (non-hydrogen) atoms. The van der Waals surface area contributed by atoms with Gasteiger partial charge in [-0.05, 0) is 84.1 Å². The smallest absolute Gasteiger partial charge is 0.252 e. The molecule has 3 amide bonds. The minimum absolute atomic E-state index is 0.0694. The second-order valence-corrected chi connectivity index (χ2v) is 18.2. The summed E-state index contributed by atoms with van der Waals surface area (Å²) in [7, 11) is -3.90. The van der Waals surface area contributed by atoms with Gasteiger partial charge in [-0.1, -0.05) is 63.4 Å². The van der Waals surface area contributed by atoms with Crippen LogP contribution in [0.2, 0.25) is 0 Å². The van der Waals surface area contributed by atoms with Crippen molar-refractivity contribution in [3.8, 4) is 0 Å². The van der Waals surface area contributed by atoms with E-state index in [-0.39, 0.29) is 31.7 Å². The number of benzene rings is 1. The maximum atomic E-state index is 14.1. The van der Waals surface area contributed by atoms with E-state index < -0.39 is 61.8 Å². The molecule has 0 spiro atoms. The van der Waals surface area contributed by atoms with Crippen LogP contribution in [0.25, 0.3) is 0 Å². The second kappa shape index (κ2) is 16.0. The van der Waals surface area contributed by atoms with E-state index in [1.165, 1.54) is 13.8 Å². The summed E-state index contributed by atoms with van der Waals surface area (Å²) in [6.07, 6.45) is 5.36. The van der Waals surface area contributed by atoms with Gasteiger partial charge in [0.15, 0.2) is 9.84 Å². The lowest BCUT2D eigenvalue weighted by Gasteiger charge is -2.47. The topological polar surface area (TPSA) is 165 Å². The van der Waals surface area contributed by atoms with E-state index in [1.54, 1.807) is 13.8 Å². The highest BCUT2D eigenvalue weighted by Gasteiger charge is 2.48. The zero-order valence-corrected chi connectivity index (χ0v) is 31.0. The number of carbonyl (C=O) groups is 3. The molecule has 12 heteroatoms. The monoisotopic (exact) mass is 692 g/mol. The van der Waals surface area contributed by atoms with Crippen LogP contribution in [0.3, 0.4) is 0 Å². The van der Waals surface area contributed by atoms with Gasteiger partial charge in [0.25, 0.3) is 5.91 Å². The van der Waals surface area contributed by atoms with E-state index in [4.69, 9.17) is 0 Å². The molecule has 0 radical (unpaired) electrons. The number of amides is 3. The van der Waals surface area contributed by atoms with E-state index in [1.807, 2.05) is 56.0 Å². The van der Waals surface area contributed by atoms with Crippen molar-refractivity contribution in [3.05, 3.63) is 35.9 Å². The fourth-order valence-electron chi connectivity index (χ4n) is 7.02. The van der Waals surface area contributed by atoms with Crippen molar-refractivity contribution < 1.29 is 33.0 Å². The van der Waals surface area contributed by atoms with E-state index in [0.29, 0.717) is 24.8 Å². The van der Waals surface area contributed by atoms with Crippen molar-refractivity contribution in [3.63, 3.8) is 0 Å². The van der Waals surface area contributed by atoms with Crippen LogP contribution >= 0.6 is 0 Å². The average molecular weight is 693 g/mol. The summed E-state index contributed by atoms with van der Waals surface area (Å²) < 4.78 is 24.2. The van der Waals surface area contributed by atoms with Crippen LogP contribution < -0.4 is 16.0 Å². The highest BCUT2D eigenvalue weighted by molar-refractivity contribution is 7.92. The Morgan fingerprint density at radius 3 is 2.08 bits per heavy atom. The number of sulfone groups is 1. The number of hydrogen-bond acceptors (Lipinski definition) is 8. The Kier molecular flexibility index (Phi) is 13.3. The van der Waals surface area contributed by atoms with Gasteiger partial charge < -0.3 is 26.2 Å². The number of aliphatic hydroxyl groups is 2. The van der Waals surface area contributed by atoms with Crippen molar-refractivity contribution in [2.75, 3.05) is 19.3 Å². The average Bonchev–Trinajstić information content (AvgIpc) is 3.01. The maximum Gasteiger partial charge on any atom is 0.252 e. The third-order valence-corrected chi connectivity index (χ3v) is 12.7. The Hall–Kier alpha value is -2.54. The molecule has 1 saturated heterocycles. The maximum absolute atomic E-state index is 14.1. The molecule has 272 valence electrons. The number of carbonyl (C=O) groups excluding carboxylic acids is 3. The number of likely N-dealkylation sites (tertiary alicyclic amines) is 1. The summed E-state index contributed by atoms with van der Waals surface area (Å²) in [6.45, 7) is 12.6. The molecule has 1 aliphatic heterocycles. The third kappa shape index (κ3) is 10.0. The first kappa shape index (κ1) is 39.9. The highest BCUT2D eigenvalue weighted by Crippen LogP contribution is 2.39. The number of rotatable bonds is 14. The van der Waals surface area contributed by atoms with Gasteiger partial charge >= 0.3 is 0 Å². The number of nitrogens with one attached hydrogen (secondary N) is 3. The van der Waals surface area contributed by atoms with Crippen LogP contribution in [-0.2, 0) is 30.6 Å². The Balaban J connectivity index is 1.96. The van der Waals surface area contributed by atoms with E-state index >= 15 is 0 Å². The van der Waals surface area contributed by atoms with Gasteiger partial charge in [0.05, 0.1) is 22.9 Å². The SMILES string of the molecule is CCC(O)(CC)C(=O)NC(C(=O)NC(Cc1ccccc1)C(O)CN1CC2CCCCC2CC1C(=O)NC(C)(C)C)C(C)(C)S(C)(=O)=O. The Morgan fingerprint density at radius 2 is 1.54 bits per heavy atom. The molecule has 2 fully saturated rings. The minimum Gasteiger partial charge on any atom is -0.390 e. The van der Waals surface area contributed by atoms with Crippen molar-refractivity contribution in [2.45, 2.75) is 140 Å². The lowest BCUT2D eigenvalue weighted by molar-refractivity contribution is -0.144. The molecule has 1 saturated carbocycles. The molecule has 1 aromatic carbocycles. The van der Waals surface area contributed by atoms with E-state index in [0.717, 1.165) is 37.5 Å². The molecule has 6 unspecified atom stereocenters. The number of aliphatic hydroxyl groups excluding tert-OH is 1. The predicted octanol–water partition coefficient (Wildman–Crippen LogP) is 2.73. The standard InChI is InChI=1S/C36H60N4O7S/c1-9-36(45,10-2)33(44)38-30(35(6,7)48(8,46)47)32(43)37-27(20-24-16-12-11-13-17-24)29(41)23-40-22-26-19-15-14-18-25(26)21-28(40)31(42)39-34(3,4)5/h11-13,16-17,25-30,41,45H,9-10,14-15,18-23H2,1-8H3,(H,37,43)(H,38,44)(H,39,42). The minimum atomic E-state index is -3.90. The van der Waals surface area contributed by atoms with E-state index in [2.05, 4.69) is 16.0 Å². The molecule has 1 aliphatic carbocycles. The largest absolute Gasteiger partial charge is 0.390 e. The van der Waals surface area contributed by atoms with Gasteiger partial charge in [-0.2, -0.15) is 0 Å². The van der Waals surface area contributed by atoms with Crippen LogP contribution in [0.1, 0.15) is 99.0 Å². The zero-order chi connectivity index (χ0) is 36.1. The van der Waals surface area contributed by atoms with E-state index in [9.17, 15) is 33.0 Å². The Labute approximate surface area is 287 Å². The number of hydrogen-bond donors (Lipinski definition) is 5. The van der Waals surface area contributed by atoms with Crippen molar-refractivity contribution in [1.29, 1.82) is 0 Å². The van der Waals surface area contributed by atoms with Crippen molar-refractivity contribution in [1.82, 2.24) is 20.9 Å². The van der Waals surface area contributed by atoms with Crippen LogP contribution in [0.5, 0.6) is 0 Å². The quantitative estimate of drug-likeness (QED) is 0.199. The molecule has 5 N–H and O–H groups in total. The molecule has 1 aromatic rings. The lowest BCUT2D eigenvalue weighted by atomic mass is 9.72. The number of fused-ring (bicyclic) bond motifs is 1. The summed E-state index contributed by atoms with van der Waals surface area (Å²) in [5.41, 5.74) is -1.38. The third-order valence-electron chi connectivity index (χ3n) is 10.6. The molecule has 6 atom stereocenters. The fourth-order valence-corrected chi connectivity index (χ4v) is 7.61. The first-order chi connectivity index (χ1) is 22.2. The zero-order valence-electron chi connectivity index (χ0n) is 30.2. The lowest BCUT2D eigenvalue weighted by Crippen LogP contribution is -2.65. The van der Waals surface area contributed by atoms with Crippen LogP contribution in [0, 0.1) is 11.8 Å². The van der Waals surface area contributed by atoms with Crippen molar-refractivity contribution in [2.24, 2.45) is 11.8 Å². The highest BCUT2D eigenvalue weighted by atomic mass is 32.2. The number of nitrogens with zero attached hydrogens (tertiary/aromatic N) is 1. The van der Waals surface area contributed by atoms with Gasteiger partial charge in [0.2, 0.25) is 11.8 Å².